The Morgan fingerprint density at radius 2 is 1.96 bits per heavy atom. The largest absolute Gasteiger partial charge is 0.355 e. The van der Waals surface area contributed by atoms with Crippen molar-refractivity contribution in [3.05, 3.63) is 29.8 Å². The smallest absolute Gasteiger partial charge is 0.240 e. The Bertz CT molecular complexity index is 669. The fraction of sp³-hybridized carbons (Fsp3) is 0.588. The molecule has 1 aliphatic rings. The lowest BCUT2D eigenvalue weighted by Gasteiger charge is -2.26. The summed E-state index contributed by atoms with van der Waals surface area (Å²) in [5, 5.41) is 6.53. The second-order valence-corrected chi connectivity index (χ2v) is 8.00. The van der Waals surface area contributed by atoms with E-state index in [1.54, 1.807) is 25.2 Å². The predicted molar refractivity (Wildman–Crippen MR) is 101 cm³/mol. The Hall–Kier alpha value is -1.64. The second-order valence-electron chi connectivity index (χ2n) is 6.11. The first-order valence-electron chi connectivity index (χ1n) is 8.74. The lowest BCUT2D eigenvalue weighted by Crippen LogP contribution is -2.42. The van der Waals surface area contributed by atoms with Crippen molar-refractivity contribution in [2.45, 2.75) is 30.7 Å². The molecule has 7 nitrogen and oxygen atoms in total. The monoisotopic (exact) mass is 367 g/mol. The highest BCUT2D eigenvalue weighted by Crippen LogP contribution is 2.11. The first-order chi connectivity index (χ1) is 12.0. The van der Waals surface area contributed by atoms with Gasteiger partial charge in [-0.05, 0) is 50.7 Å². The molecule has 1 fully saturated rings. The highest BCUT2D eigenvalue weighted by Gasteiger charge is 2.12. The van der Waals surface area contributed by atoms with Gasteiger partial charge in [0.15, 0.2) is 5.96 Å². The minimum Gasteiger partial charge on any atom is -0.355 e. The van der Waals surface area contributed by atoms with Crippen LogP contribution in [0.25, 0.3) is 0 Å². The molecule has 3 N–H and O–H groups in total. The first kappa shape index (κ1) is 19.7. The van der Waals surface area contributed by atoms with E-state index in [0.29, 0.717) is 6.54 Å². The third kappa shape index (κ3) is 6.30. The molecule has 0 unspecified atom stereocenters. The molecule has 0 spiro atoms. The number of likely N-dealkylation sites (tertiary alicyclic amines) is 1. The third-order valence-electron chi connectivity index (χ3n) is 4.33. The number of nitrogens with one attached hydrogen (secondary N) is 3. The maximum atomic E-state index is 11.9. The van der Waals surface area contributed by atoms with Crippen LogP contribution in [0.15, 0.2) is 34.2 Å². The zero-order valence-corrected chi connectivity index (χ0v) is 15.9. The fourth-order valence-corrected chi connectivity index (χ4v) is 3.66. The summed E-state index contributed by atoms with van der Waals surface area (Å²) in [4.78, 5) is 6.95. The number of guanidine groups is 1. The molecule has 0 amide bonds. The molecule has 2 rings (SSSR count). The average Bonchev–Trinajstić information content (AvgIpc) is 2.65. The van der Waals surface area contributed by atoms with Crippen LogP contribution < -0.4 is 15.4 Å². The van der Waals surface area contributed by atoms with Gasteiger partial charge in [-0.15, -0.1) is 0 Å². The van der Waals surface area contributed by atoms with Gasteiger partial charge in [-0.1, -0.05) is 18.6 Å². The SMILES string of the molecule is CN=C(NCCN1CCCCC1)NCc1cccc(S(=O)(=O)NC)c1. The topological polar surface area (TPSA) is 85.8 Å². The van der Waals surface area contributed by atoms with Gasteiger partial charge in [0.05, 0.1) is 4.90 Å². The van der Waals surface area contributed by atoms with Gasteiger partial charge in [-0.3, -0.25) is 4.99 Å². The van der Waals surface area contributed by atoms with Gasteiger partial charge in [0.1, 0.15) is 0 Å². The van der Waals surface area contributed by atoms with Gasteiger partial charge in [0, 0.05) is 26.7 Å². The summed E-state index contributed by atoms with van der Waals surface area (Å²) < 4.78 is 26.1. The molecule has 0 aromatic heterocycles. The van der Waals surface area contributed by atoms with Crippen molar-refractivity contribution in [1.82, 2.24) is 20.3 Å². The second kappa shape index (κ2) is 9.74. The van der Waals surface area contributed by atoms with E-state index in [1.807, 2.05) is 6.07 Å². The van der Waals surface area contributed by atoms with E-state index in [-0.39, 0.29) is 4.90 Å². The number of nitrogens with zero attached hydrogens (tertiary/aromatic N) is 2. The number of benzene rings is 1. The molecule has 1 aromatic rings. The maximum Gasteiger partial charge on any atom is 0.240 e. The summed E-state index contributed by atoms with van der Waals surface area (Å²) in [6, 6.07) is 6.89. The molecule has 0 saturated carbocycles. The predicted octanol–water partition coefficient (Wildman–Crippen LogP) is 0.746. The fourth-order valence-electron chi connectivity index (χ4n) is 2.86. The molecule has 140 valence electrons. The van der Waals surface area contributed by atoms with Crippen LogP contribution in [0.2, 0.25) is 0 Å². The van der Waals surface area contributed by atoms with E-state index >= 15 is 0 Å². The summed E-state index contributed by atoms with van der Waals surface area (Å²) >= 11 is 0. The van der Waals surface area contributed by atoms with E-state index in [9.17, 15) is 8.42 Å². The van der Waals surface area contributed by atoms with Gasteiger partial charge < -0.3 is 15.5 Å². The van der Waals surface area contributed by atoms with Crippen molar-refractivity contribution in [2.24, 2.45) is 4.99 Å². The van der Waals surface area contributed by atoms with Crippen LogP contribution in [0.4, 0.5) is 0 Å². The number of sulfonamides is 1. The molecule has 0 radical (unpaired) electrons. The van der Waals surface area contributed by atoms with Crippen LogP contribution in [0.3, 0.4) is 0 Å². The lowest BCUT2D eigenvalue weighted by atomic mass is 10.1. The van der Waals surface area contributed by atoms with Crippen LogP contribution in [-0.2, 0) is 16.6 Å². The summed E-state index contributed by atoms with van der Waals surface area (Å²) in [7, 11) is -0.275. The Labute approximate surface area is 151 Å². The quantitative estimate of drug-likeness (QED) is 0.489. The standard InChI is InChI=1S/C17H29N5O2S/c1-18-17(20-9-12-22-10-4-3-5-11-22)21-14-15-7-6-8-16(13-15)25(23,24)19-2/h6-8,13,19H,3-5,9-12,14H2,1-2H3,(H2,18,20,21). The van der Waals surface area contributed by atoms with Crippen LogP contribution in [0, 0.1) is 0 Å². The molecular formula is C17H29N5O2S. The first-order valence-corrected chi connectivity index (χ1v) is 10.2. The van der Waals surface area contributed by atoms with Gasteiger partial charge in [0.2, 0.25) is 10.0 Å². The number of piperidine rings is 1. The molecule has 25 heavy (non-hydrogen) atoms. The van der Waals surface area contributed by atoms with Crippen molar-refractivity contribution in [3.63, 3.8) is 0 Å². The van der Waals surface area contributed by atoms with Gasteiger partial charge >= 0.3 is 0 Å². The molecule has 0 bridgehead atoms. The van der Waals surface area contributed by atoms with Gasteiger partial charge in [-0.2, -0.15) is 0 Å². The van der Waals surface area contributed by atoms with Crippen LogP contribution >= 0.6 is 0 Å². The summed E-state index contributed by atoms with van der Waals surface area (Å²) in [5.41, 5.74) is 0.885. The molecule has 1 heterocycles. The van der Waals surface area contributed by atoms with E-state index in [1.165, 1.54) is 39.4 Å². The van der Waals surface area contributed by atoms with Gasteiger partial charge in [-0.25, -0.2) is 13.1 Å². The van der Waals surface area contributed by atoms with E-state index in [4.69, 9.17) is 0 Å². The van der Waals surface area contributed by atoms with Crippen molar-refractivity contribution < 1.29 is 8.42 Å². The Morgan fingerprint density at radius 1 is 1.20 bits per heavy atom. The molecule has 0 atom stereocenters. The number of hydrogen-bond donors (Lipinski definition) is 3. The van der Waals surface area contributed by atoms with Crippen molar-refractivity contribution >= 4 is 16.0 Å². The highest BCUT2D eigenvalue weighted by molar-refractivity contribution is 7.89. The average molecular weight is 368 g/mol. The van der Waals surface area contributed by atoms with E-state index in [2.05, 4.69) is 25.2 Å². The van der Waals surface area contributed by atoms with Crippen LogP contribution in [0.5, 0.6) is 0 Å². The molecular weight excluding hydrogens is 338 g/mol. The van der Waals surface area contributed by atoms with Crippen molar-refractivity contribution in [1.29, 1.82) is 0 Å². The Balaban J connectivity index is 1.81. The normalized spacial score (nSPS) is 16.6. The Morgan fingerprint density at radius 3 is 2.64 bits per heavy atom. The van der Waals surface area contributed by atoms with E-state index < -0.39 is 10.0 Å². The number of aliphatic imine (C=N–C) groups is 1. The third-order valence-corrected chi connectivity index (χ3v) is 5.74. The van der Waals surface area contributed by atoms with Crippen molar-refractivity contribution in [3.8, 4) is 0 Å². The zero-order valence-electron chi connectivity index (χ0n) is 15.1. The number of rotatable bonds is 7. The summed E-state index contributed by atoms with van der Waals surface area (Å²) in [6.45, 7) is 4.72. The molecule has 8 heteroatoms. The minimum absolute atomic E-state index is 0.266. The molecule has 1 saturated heterocycles. The van der Waals surface area contributed by atoms with Crippen LogP contribution in [-0.4, -0.2) is 59.6 Å². The number of hydrogen-bond acceptors (Lipinski definition) is 4. The Kier molecular flexibility index (Phi) is 7.67. The maximum absolute atomic E-state index is 11.9. The van der Waals surface area contributed by atoms with Gasteiger partial charge in [0.25, 0.3) is 0 Å². The van der Waals surface area contributed by atoms with E-state index in [0.717, 1.165) is 24.6 Å². The lowest BCUT2D eigenvalue weighted by molar-refractivity contribution is 0.232. The molecule has 0 aliphatic carbocycles. The minimum atomic E-state index is -3.42. The summed E-state index contributed by atoms with van der Waals surface area (Å²) in [5.74, 6) is 0.721. The van der Waals surface area contributed by atoms with Crippen molar-refractivity contribution in [2.75, 3.05) is 40.3 Å². The summed E-state index contributed by atoms with van der Waals surface area (Å²) in [6.07, 6.45) is 3.92. The molecule has 1 aliphatic heterocycles. The van der Waals surface area contributed by atoms with Crippen LogP contribution in [0.1, 0.15) is 24.8 Å². The zero-order chi connectivity index (χ0) is 18.1. The molecule has 1 aromatic carbocycles. The highest BCUT2D eigenvalue weighted by atomic mass is 32.2.